The topological polar surface area (TPSA) is 0 Å². The third-order valence-electron chi connectivity index (χ3n) is 5.75. The summed E-state index contributed by atoms with van der Waals surface area (Å²) in [6, 6.07) is 9.61. The first kappa shape index (κ1) is 19.3. The third kappa shape index (κ3) is 3.10. The van der Waals surface area contributed by atoms with Crippen molar-refractivity contribution in [1.82, 2.24) is 0 Å². The van der Waals surface area contributed by atoms with Gasteiger partial charge in [-0.15, -0.1) is 46.2 Å². The van der Waals surface area contributed by atoms with Gasteiger partial charge in [0.15, 0.2) is 0 Å². The molecule has 26 heavy (non-hydrogen) atoms. The van der Waals surface area contributed by atoms with Crippen molar-refractivity contribution < 1.29 is 0 Å². The molecule has 6 heteroatoms. The Morgan fingerprint density at radius 3 is 1.42 bits per heavy atom. The molecule has 0 saturated heterocycles. The quantitative estimate of drug-likeness (QED) is 0.441. The fourth-order valence-electron chi connectivity index (χ4n) is 3.91. The average molecular weight is 451 g/mol. The predicted octanol–water partition coefficient (Wildman–Crippen LogP) is 7.22. The first-order valence-corrected chi connectivity index (χ1v) is 18.5. The van der Waals surface area contributed by atoms with Gasteiger partial charge in [0.25, 0.3) is 0 Å². The molecule has 0 amide bonds. The highest BCUT2D eigenvalue weighted by molar-refractivity contribution is 8.05. The van der Waals surface area contributed by atoms with E-state index in [-0.39, 0.29) is 0 Å². The summed E-state index contributed by atoms with van der Waals surface area (Å²) >= 11 is 8.25. The van der Waals surface area contributed by atoms with E-state index in [9.17, 15) is 0 Å². The minimum absolute atomic E-state index is 0.389. The molecule has 0 N–H and O–H groups in total. The highest BCUT2D eigenvalue weighted by Crippen LogP contribution is 2.53. The second kappa shape index (κ2) is 7.45. The molecule has 138 valence electrons. The zero-order chi connectivity index (χ0) is 18.4. The van der Waals surface area contributed by atoms with Gasteiger partial charge < -0.3 is 0 Å². The van der Waals surface area contributed by atoms with E-state index in [1.165, 1.54) is 22.6 Å². The van der Waals surface area contributed by atoms with E-state index in [2.05, 4.69) is 96.9 Å². The van der Waals surface area contributed by atoms with Crippen molar-refractivity contribution in [3.63, 3.8) is 0 Å². The zero-order valence-corrected chi connectivity index (χ0v) is 21.4. The van der Waals surface area contributed by atoms with Crippen LogP contribution in [0, 0.1) is 0 Å². The van der Waals surface area contributed by atoms with Crippen LogP contribution >= 0.6 is 46.2 Å². The molecular formula is C20H26S4Si2. The average Bonchev–Trinajstić information content (AvgIpc) is 3.41. The van der Waals surface area contributed by atoms with Crippen molar-refractivity contribution in [2.45, 2.75) is 47.8 Å². The molecule has 0 nitrogen and oxygen atoms in total. The van der Waals surface area contributed by atoms with Gasteiger partial charge in [-0.05, 0) is 47.9 Å². The first-order valence-electron chi connectivity index (χ1n) is 9.34. The lowest BCUT2D eigenvalue weighted by atomic mass is 10.2. The van der Waals surface area contributed by atoms with Crippen LogP contribution in [0.5, 0.6) is 0 Å². The summed E-state index contributed by atoms with van der Waals surface area (Å²) in [5.74, 6) is 0. The molecule has 2 aliphatic rings. The second-order valence-electron chi connectivity index (χ2n) is 7.80. The molecular weight excluding hydrogens is 425 g/mol. The molecule has 2 aromatic heterocycles. The van der Waals surface area contributed by atoms with Crippen LogP contribution in [-0.2, 0) is 8.74 Å². The van der Waals surface area contributed by atoms with Crippen LogP contribution in [0.2, 0.25) is 26.2 Å². The normalized spacial score (nSPS) is 28.1. The predicted molar refractivity (Wildman–Crippen MR) is 131 cm³/mol. The number of allylic oxidation sites excluding steroid dienone is 2. The van der Waals surface area contributed by atoms with E-state index < -0.39 is 17.6 Å². The van der Waals surface area contributed by atoms with Gasteiger partial charge in [-0.3, -0.25) is 0 Å². The van der Waals surface area contributed by atoms with Crippen LogP contribution in [0.3, 0.4) is 0 Å². The van der Waals surface area contributed by atoms with Gasteiger partial charge in [-0.2, -0.15) is 0 Å². The number of hydrogen-bond acceptors (Lipinski definition) is 4. The highest BCUT2D eigenvalue weighted by Gasteiger charge is 2.40. The molecule has 0 bridgehead atoms. The molecule has 0 spiro atoms. The summed E-state index contributed by atoms with van der Waals surface area (Å²) in [6.07, 6.45) is 7.20. The van der Waals surface area contributed by atoms with Gasteiger partial charge in [-0.1, -0.05) is 38.3 Å². The maximum absolute atomic E-state index is 2.50. The summed E-state index contributed by atoms with van der Waals surface area (Å²) < 4.78 is 0.778. The maximum Gasteiger partial charge on any atom is 0.0571 e. The largest absolute Gasteiger partial charge is 0.138 e. The van der Waals surface area contributed by atoms with Crippen LogP contribution < -0.4 is 0 Å². The SMILES string of the molecule is C[SiH](C)C1(c2ccc(-c3ccc(C4([SiH](C)C)CC=CS4)s3)s2)CC=CS1. The molecule has 4 rings (SSSR count). The Bertz CT molecular complexity index is 757. The number of thioether (sulfide) groups is 2. The van der Waals surface area contributed by atoms with Crippen LogP contribution in [0.15, 0.2) is 47.2 Å². The Morgan fingerprint density at radius 1 is 0.692 bits per heavy atom. The van der Waals surface area contributed by atoms with Gasteiger partial charge in [0, 0.05) is 28.2 Å². The molecule has 0 fully saturated rings. The molecule has 2 aliphatic heterocycles. The smallest absolute Gasteiger partial charge is 0.0571 e. The molecule has 2 atom stereocenters. The van der Waals surface area contributed by atoms with Crippen LogP contribution in [0.25, 0.3) is 9.75 Å². The van der Waals surface area contributed by atoms with Crippen molar-refractivity contribution in [3.8, 4) is 9.75 Å². The number of thiophene rings is 2. The molecule has 4 heterocycles. The molecule has 2 aromatic rings. The van der Waals surface area contributed by atoms with E-state index in [0.29, 0.717) is 8.74 Å². The fourth-order valence-corrected chi connectivity index (χ4v) is 15.1. The summed E-state index contributed by atoms with van der Waals surface area (Å²) in [5.41, 5.74) is 0. The van der Waals surface area contributed by atoms with E-state index in [4.69, 9.17) is 0 Å². The Morgan fingerprint density at radius 2 is 1.12 bits per heavy atom. The first-order chi connectivity index (χ1) is 12.5. The van der Waals surface area contributed by atoms with Crippen molar-refractivity contribution in [1.29, 1.82) is 0 Å². The van der Waals surface area contributed by atoms with Gasteiger partial charge in [0.1, 0.15) is 0 Å². The van der Waals surface area contributed by atoms with Crippen LogP contribution in [0.4, 0.5) is 0 Å². The number of hydrogen-bond donors (Lipinski definition) is 0. The molecule has 0 saturated carbocycles. The minimum Gasteiger partial charge on any atom is -0.138 e. The van der Waals surface area contributed by atoms with Gasteiger partial charge in [0.2, 0.25) is 0 Å². The van der Waals surface area contributed by atoms with E-state index in [1.54, 1.807) is 9.75 Å². The Balaban J connectivity index is 1.64. The molecule has 0 aliphatic carbocycles. The van der Waals surface area contributed by atoms with E-state index >= 15 is 0 Å². The summed E-state index contributed by atoms with van der Waals surface area (Å²) in [5, 5.41) is 4.66. The Hall–Kier alpha value is 0.0138. The summed E-state index contributed by atoms with van der Waals surface area (Å²) in [4.78, 5) is 6.14. The Kier molecular flexibility index (Phi) is 5.54. The lowest BCUT2D eigenvalue weighted by molar-refractivity contribution is 0.892. The minimum atomic E-state index is -0.795. The number of rotatable bonds is 5. The lowest BCUT2D eigenvalue weighted by Gasteiger charge is -2.30. The Labute approximate surface area is 177 Å². The van der Waals surface area contributed by atoms with Gasteiger partial charge in [0.05, 0.1) is 17.6 Å². The van der Waals surface area contributed by atoms with Crippen molar-refractivity contribution in [3.05, 3.63) is 57.0 Å². The maximum atomic E-state index is 2.50. The highest BCUT2D eigenvalue weighted by atomic mass is 32.2. The molecule has 0 aromatic carbocycles. The molecule has 2 unspecified atom stereocenters. The zero-order valence-electron chi connectivity index (χ0n) is 15.8. The van der Waals surface area contributed by atoms with E-state index in [1.807, 2.05) is 22.7 Å². The van der Waals surface area contributed by atoms with Crippen molar-refractivity contribution in [2.75, 3.05) is 0 Å². The molecule has 0 radical (unpaired) electrons. The van der Waals surface area contributed by atoms with Crippen molar-refractivity contribution >= 4 is 63.8 Å². The van der Waals surface area contributed by atoms with Crippen molar-refractivity contribution in [2.24, 2.45) is 0 Å². The van der Waals surface area contributed by atoms with Crippen LogP contribution in [-0.4, -0.2) is 17.6 Å². The lowest BCUT2D eigenvalue weighted by Crippen LogP contribution is -2.32. The van der Waals surface area contributed by atoms with E-state index in [0.717, 1.165) is 0 Å². The van der Waals surface area contributed by atoms with Gasteiger partial charge in [-0.25, -0.2) is 0 Å². The van der Waals surface area contributed by atoms with Gasteiger partial charge >= 0.3 is 0 Å². The standard InChI is InChI=1S/C20H26S4Si2/c1-25(2)19(11-5-13-21-19)17-9-7-15(23-17)16-8-10-18(24-16)20(26(3)4)12-6-14-22-20/h5-10,13-14,25-26H,11-12H2,1-4H3. The fraction of sp³-hybridized carbons (Fsp3) is 0.400. The monoisotopic (exact) mass is 450 g/mol. The van der Waals surface area contributed by atoms with Crippen LogP contribution in [0.1, 0.15) is 22.6 Å². The summed E-state index contributed by atoms with van der Waals surface area (Å²) in [7, 11) is -1.59. The third-order valence-corrected chi connectivity index (χ3v) is 19.9. The second-order valence-corrected chi connectivity index (χ2v) is 19.9. The summed E-state index contributed by atoms with van der Waals surface area (Å²) in [6.45, 7) is 10.0.